The molecule has 1 unspecified atom stereocenters. The first-order chi connectivity index (χ1) is 9.93. The van der Waals surface area contributed by atoms with E-state index in [1.54, 1.807) is 0 Å². The van der Waals surface area contributed by atoms with Crippen LogP contribution in [0.5, 0.6) is 5.75 Å². The van der Waals surface area contributed by atoms with Gasteiger partial charge in [0.15, 0.2) is 8.15 Å². The van der Waals surface area contributed by atoms with Crippen LogP contribution in [0, 0.1) is 0 Å². The van der Waals surface area contributed by atoms with Crippen LogP contribution in [-0.2, 0) is 0 Å². The Morgan fingerprint density at radius 3 is 2.00 bits per heavy atom. The summed E-state index contributed by atoms with van der Waals surface area (Å²) in [6.45, 7) is 0. The zero-order valence-corrected chi connectivity index (χ0v) is 11.8. The second-order valence-electron chi connectivity index (χ2n) is 4.22. The first kappa shape index (κ1) is 12.8. The molecular weight excluding hydrogens is 265 g/mol. The Bertz CT molecular complexity index is 604. The summed E-state index contributed by atoms with van der Waals surface area (Å²) >= 11 is 0. The van der Waals surface area contributed by atoms with Crippen LogP contribution in [0.4, 0.5) is 0 Å². The number of benzene rings is 2. The molecule has 1 heterocycles. The SMILES string of the molecule is c1ccc(OP(c2ccccc2)c2ccccn2)cc1. The average Bonchev–Trinajstić information content (AvgIpc) is 2.55. The summed E-state index contributed by atoms with van der Waals surface area (Å²) < 4.78 is 6.19. The molecule has 0 N–H and O–H groups in total. The zero-order chi connectivity index (χ0) is 13.6. The van der Waals surface area contributed by atoms with Gasteiger partial charge in [0.25, 0.3) is 0 Å². The van der Waals surface area contributed by atoms with Gasteiger partial charge in [0.05, 0.1) is 0 Å². The van der Waals surface area contributed by atoms with Gasteiger partial charge in [-0.2, -0.15) is 0 Å². The van der Waals surface area contributed by atoms with Gasteiger partial charge >= 0.3 is 0 Å². The Kier molecular flexibility index (Phi) is 4.05. The third-order valence-electron chi connectivity index (χ3n) is 2.79. The van der Waals surface area contributed by atoms with Crippen LogP contribution in [0.1, 0.15) is 0 Å². The summed E-state index contributed by atoms with van der Waals surface area (Å²) in [5, 5.41) is 1.16. The molecule has 0 saturated heterocycles. The van der Waals surface area contributed by atoms with Gasteiger partial charge in [-0.3, -0.25) is 4.98 Å². The minimum atomic E-state index is -0.938. The molecule has 0 aliphatic heterocycles. The van der Waals surface area contributed by atoms with E-state index in [1.165, 1.54) is 0 Å². The van der Waals surface area contributed by atoms with Crippen LogP contribution < -0.4 is 15.3 Å². The summed E-state index contributed by atoms with van der Waals surface area (Å²) in [4.78, 5) is 4.46. The lowest BCUT2D eigenvalue weighted by Crippen LogP contribution is -2.17. The quantitative estimate of drug-likeness (QED) is 0.682. The maximum absolute atomic E-state index is 6.19. The molecule has 0 spiro atoms. The van der Waals surface area contributed by atoms with Gasteiger partial charge in [-0.25, -0.2) is 0 Å². The zero-order valence-electron chi connectivity index (χ0n) is 10.9. The number of aromatic nitrogens is 1. The number of para-hydroxylation sites is 1. The van der Waals surface area contributed by atoms with E-state index in [0.29, 0.717) is 0 Å². The van der Waals surface area contributed by atoms with Crippen molar-refractivity contribution in [2.45, 2.75) is 0 Å². The summed E-state index contributed by atoms with van der Waals surface area (Å²) in [5.74, 6) is 0.869. The van der Waals surface area contributed by atoms with E-state index in [2.05, 4.69) is 17.1 Å². The fraction of sp³-hybridized carbons (Fsp3) is 0. The number of pyridine rings is 1. The fourth-order valence-corrected chi connectivity index (χ4v) is 3.49. The van der Waals surface area contributed by atoms with E-state index in [-0.39, 0.29) is 0 Å². The van der Waals surface area contributed by atoms with Gasteiger partial charge in [0, 0.05) is 11.5 Å². The molecule has 3 heteroatoms. The lowest BCUT2D eigenvalue weighted by atomic mass is 10.3. The molecule has 3 rings (SSSR count). The molecule has 0 aliphatic rings. The molecule has 0 amide bonds. The smallest absolute Gasteiger partial charge is 0.169 e. The van der Waals surface area contributed by atoms with Gasteiger partial charge in [-0.1, -0.05) is 54.6 Å². The summed E-state index contributed by atoms with van der Waals surface area (Å²) in [6, 6.07) is 26.1. The molecule has 1 atom stereocenters. The van der Waals surface area contributed by atoms with Crippen molar-refractivity contribution >= 4 is 18.9 Å². The highest BCUT2D eigenvalue weighted by molar-refractivity contribution is 7.68. The Morgan fingerprint density at radius 2 is 1.35 bits per heavy atom. The van der Waals surface area contributed by atoms with Crippen molar-refractivity contribution in [1.82, 2.24) is 4.98 Å². The van der Waals surface area contributed by atoms with Crippen molar-refractivity contribution in [2.75, 3.05) is 0 Å². The van der Waals surface area contributed by atoms with Crippen molar-refractivity contribution in [1.29, 1.82) is 0 Å². The van der Waals surface area contributed by atoms with Crippen LogP contribution in [0.3, 0.4) is 0 Å². The fourth-order valence-electron chi connectivity index (χ4n) is 1.86. The largest absolute Gasteiger partial charge is 0.463 e. The first-order valence-corrected chi connectivity index (χ1v) is 7.69. The van der Waals surface area contributed by atoms with E-state index < -0.39 is 8.15 Å². The molecule has 0 bridgehead atoms. The standard InChI is InChI=1S/C17H14NOP/c1-3-9-15(10-4-1)19-20(16-11-5-2-6-12-16)17-13-7-8-14-18-17/h1-14H. The summed E-state index contributed by atoms with van der Waals surface area (Å²) in [6.07, 6.45) is 1.81. The Morgan fingerprint density at radius 1 is 0.700 bits per heavy atom. The van der Waals surface area contributed by atoms with Crippen LogP contribution >= 0.6 is 8.15 Å². The van der Waals surface area contributed by atoms with Crippen molar-refractivity contribution in [3.63, 3.8) is 0 Å². The monoisotopic (exact) mass is 279 g/mol. The Balaban J connectivity index is 1.96. The minimum absolute atomic E-state index is 0.869. The third-order valence-corrected chi connectivity index (χ3v) is 4.63. The maximum atomic E-state index is 6.19. The highest BCUT2D eigenvalue weighted by atomic mass is 31.1. The lowest BCUT2D eigenvalue weighted by Gasteiger charge is -2.18. The molecule has 0 saturated carbocycles. The number of rotatable bonds is 4. The van der Waals surface area contributed by atoms with Crippen LogP contribution in [0.25, 0.3) is 0 Å². The topological polar surface area (TPSA) is 22.1 Å². The van der Waals surface area contributed by atoms with E-state index in [9.17, 15) is 0 Å². The van der Waals surface area contributed by atoms with Gasteiger partial charge < -0.3 is 4.52 Å². The molecule has 1 aromatic heterocycles. The van der Waals surface area contributed by atoms with Crippen molar-refractivity contribution in [2.24, 2.45) is 0 Å². The van der Waals surface area contributed by atoms with Crippen molar-refractivity contribution in [3.05, 3.63) is 85.1 Å². The molecule has 3 aromatic rings. The maximum Gasteiger partial charge on any atom is 0.169 e. The average molecular weight is 279 g/mol. The van der Waals surface area contributed by atoms with E-state index >= 15 is 0 Å². The minimum Gasteiger partial charge on any atom is -0.463 e. The number of hydrogen-bond donors (Lipinski definition) is 0. The van der Waals surface area contributed by atoms with Crippen LogP contribution in [-0.4, -0.2) is 4.98 Å². The molecule has 2 nitrogen and oxygen atoms in total. The summed E-state index contributed by atoms with van der Waals surface area (Å²) in [7, 11) is -0.938. The Hall–Kier alpha value is -2.18. The summed E-state index contributed by atoms with van der Waals surface area (Å²) in [5.41, 5.74) is 0.970. The third kappa shape index (κ3) is 3.04. The normalized spacial score (nSPS) is 11.8. The van der Waals surface area contributed by atoms with Crippen molar-refractivity contribution in [3.8, 4) is 5.75 Å². The number of nitrogens with zero attached hydrogens (tertiary/aromatic N) is 1. The molecule has 0 fully saturated rings. The molecule has 98 valence electrons. The lowest BCUT2D eigenvalue weighted by molar-refractivity contribution is 0.629. The van der Waals surface area contributed by atoms with Crippen molar-refractivity contribution < 1.29 is 4.52 Å². The van der Waals surface area contributed by atoms with Crippen LogP contribution in [0.15, 0.2) is 85.1 Å². The van der Waals surface area contributed by atoms with E-state index in [4.69, 9.17) is 4.52 Å². The van der Waals surface area contributed by atoms with Gasteiger partial charge in [0.1, 0.15) is 11.2 Å². The molecule has 0 aliphatic carbocycles. The number of hydrogen-bond acceptors (Lipinski definition) is 2. The van der Waals surface area contributed by atoms with E-state index in [0.717, 1.165) is 16.5 Å². The molecule has 0 radical (unpaired) electrons. The van der Waals surface area contributed by atoms with Crippen LogP contribution in [0.2, 0.25) is 0 Å². The van der Waals surface area contributed by atoms with E-state index in [1.807, 2.05) is 72.9 Å². The molecule has 20 heavy (non-hydrogen) atoms. The molecule has 2 aromatic carbocycles. The predicted molar refractivity (Wildman–Crippen MR) is 83.9 cm³/mol. The Labute approximate surface area is 119 Å². The second-order valence-corrected chi connectivity index (χ2v) is 5.97. The first-order valence-electron chi connectivity index (χ1n) is 6.43. The highest BCUT2D eigenvalue weighted by Crippen LogP contribution is 2.35. The van der Waals surface area contributed by atoms with Gasteiger partial charge in [-0.05, 0) is 24.3 Å². The van der Waals surface area contributed by atoms with Gasteiger partial charge in [-0.15, -0.1) is 0 Å². The molecular formula is C17H14NOP. The highest BCUT2D eigenvalue weighted by Gasteiger charge is 2.17. The van der Waals surface area contributed by atoms with Gasteiger partial charge in [0.2, 0.25) is 0 Å². The second kappa shape index (κ2) is 6.31. The predicted octanol–water partition coefficient (Wildman–Crippen LogP) is 3.51.